The second-order valence-corrected chi connectivity index (χ2v) is 6.23. The lowest BCUT2D eigenvalue weighted by Crippen LogP contribution is -2.12. The second-order valence-electron chi connectivity index (χ2n) is 4.15. The van der Waals surface area contributed by atoms with Crippen molar-refractivity contribution in [3.8, 4) is 0 Å². The first kappa shape index (κ1) is 15.7. The first-order valence-corrected chi connectivity index (χ1v) is 7.68. The summed E-state index contributed by atoms with van der Waals surface area (Å²) < 4.78 is 29.4. The molecule has 0 unspecified atom stereocenters. The Hall–Kier alpha value is -1.40. The van der Waals surface area contributed by atoms with E-state index >= 15 is 0 Å². The average Bonchev–Trinajstić information content (AvgIpc) is 2.34. The van der Waals surface area contributed by atoms with Gasteiger partial charge in [-0.25, -0.2) is 13.2 Å². The van der Waals surface area contributed by atoms with Crippen LogP contribution < -0.4 is 0 Å². The van der Waals surface area contributed by atoms with Gasteiger partial charge in [0, 0.05) is 13.2 Å². The molecule has 1 aromatic carbocycles. The summed E-state index contributed by atoms with van der Waals surface area (Å²) in [5, 5.41) is 8.90. The molecule has 19 heavy (non-hydrogen) atoms. The summed E-state index contributed by atoms with van der Waals surface area (Å²) in [5.41, 5.74) is 0.537. The van der Waals surface area contributed by atoms with Crippen molar-refractivity contribution in [1.82, 2.24) is 0 Å². The molecule has 0 fully saturated rings. The number of carboxylic acids is 1. The smallest absolute Gasteiger partial charge is 0.335 e. The van der Waals surface area contributed by atoms with Crippen LogP contribution in [0.2, 0.25) is 0 Å². The Balaban J connectivity index is 2.94. The molecule has 0 aromatic heterocycles. The zero-order valence-electron chi connectivity index (χ0n) is 11.0. The quantitative estimate of drug-likeness (QED) is 0.774. The van der Waals surface area contributed by atoms with Crippen molar-refractivity contribution in [3.05, 3.63) is 29.3 Å². The molecule has 0 saturated carbocycles. The van der Waals surface area contributed by atoms with Crippen molar-refractivity contribution in [3.63, 3.8) is 0 Å². The highest BCUT2D eigenvalue weighted by Gasteiger charge is 2.18. The van der Waals surface area contributed by atoms with Crippen LogP contribution in [0.5, 0.6) is 0 Å². The molecule has 6 heteroatoms. The number of aryl methyl sites for hydroxylation is 1. The molecule has 5 nitrogen and oxygen atoms in total. The topological polar surface area (TPSA) is 80.7 Å². The van der Waals surface area contributed by atoms with Gasteiger partial charge in [0.2, 0.25) is 0 Å². The first-order valence-electron chi connectivity index (χ1n) is 6.03. The third-order valence-corrected chi connectivity index (χ3v) is 4.61. The van der Waals surface area contributed by atoms with E-state index in [0.29, 0.717) is 25.2 Å². The van der Waals surface area contributed by atoms with Crippen molar-refractivity contribution in [2.24, 2.45) is 0 Å². The van der Waals surface area contributed by atoms with Gasteiger partial charge >= 0.3 is 5.97 Å². The minimum Gasteiger partial charge on any atom is -0.478 e. The average molecular weight is 286 g/mol. The summed E-state index contributed by atoms with van der Waals surface area (Å²) in [6.07, 6.45) is 0.396. The van der Waals surface area contributed by atoms with Crippen LogP contribution in [0.3, 0.4) is 0 Å². The summed E-state index contributed by atoms with van der Waals surface area (Å²) in [5.74, 6) is -1.18. The van der Waals surface area contributed by atoms with E-state index in [-0.39, 0.29) is 16.2 Å². The summed E-state index contributed by atoms with van der Waals surface area (Å²) in [6.45, 7) is 4.43. The van der Waals surface area contributed by atoms with E-state index < -0.39 is 15.8 Å². The maximum atomic E-state index is 12.1. The molecule has 0 aliphatic heterocycles. The Labute approximate surface area is 113 Å². The van der Waals surface area contributed by atoms with Gasteiger partial charge in [-0.2, -0.15) is 0 Å². The van der Waals surface area contributed by atoms with E-state index in [4.69, 9.17) is 9.84 Å². The van der Waals surface area contributed by atoms with Gasteiger partial charge in [-0.1, -0.05) is 6.07 Å². The monoisotopic (exact) mass is 286 g/mol. The number of sulfone groups is 1. The highest BCUT2D eigenvalue weighted by atomic mass is 32.2. The van der Waals surface area contributed by atoms with Crippen molar-refractivity contribution in [1.29, 1.82) is 0 Å². The number of rotatable bonds is 7. The van der Waals surface area contributed by atoms with Crippen LogP contribution in [-0.4, -0.2) is 38.5 Å². The van der Waals surface area contributed by atoms with Crippen LogP contribution in [0, 0.1) is 6.92 Å². The summed E-state index contributed by atoms with van der Waals surface area (Å²) in [4.78, 5) is 11.0. The third-order valence-electron chi connectivity index (χ3n) is 2.68. The Kier molecular flexibility index (Phi) is 5.50. The number of aromatic carboxylic acids is 1. The second kappa shape index (κ2) is 6.68. The molecule has 0 radical (unpaired) electrons. The predicted molar refractivity (Wildman–Crippen MR) is 71.3 cm³/mol. The zero-order chi connectivity index (χ0) is 14.5. The van der Waals surface area contributed by atoms with Gasteiger partial charge in [-0.15, -0.1) is 0 Å². The van der Waals surface area contributed by atoms with Crippen LogP contribution in [0.1, 0.15) is 29.3 Å². The molecule has 106 valence electrons. The highest BCUT2D eigenvalue weighted by molar-refractivity contribution is 7.91. The van der Waals surface area contributed by atoms with Gasteiger partial charge < -0.3 is 9.84 Å². The number of ether oxygens (including phenoxy) is 1. The number of hydrogen-bond donors (Lipinski definition) is 1. The van der Waals surface area contributed by atoms with E-state index in [2.05, 4.69) is 0 Å². The molecule has 0 spiro atoms. The summed E-state index contributed by atoms with van der Waals surface area (Å²) >= 11 is 0. The molecular formula is C13H18O5S. The molecule has 1 N–H and O–H groups in total. The lowest BCUT2D eigenvalue weighted by atomic mass is 10.1. The minimum atomic E-state index is -3.47. The molecular weight excluding hydrogens is 268 g/mol. The van der Waals surface area contributed by atoms with Crippen LogP contribution in [-0.2, 0) is 14.6 Å². The fourth-order valence-corrected chi connectivity index (χ4v) is 3.26. The summed E-state index contributed by atoms with van der Waals surface area (Å²) in [6, 6.07) is 4.13. The molecule has 0 heterocycles. The number of benzene rings is 1. The SMILES string of the molecule is CCOCCCS(=O)(=O)c1cc(C(=O)O)ccc1C. The summed E-state index contributed by atoms with van der Waals surface area (Å²) in [7, 11) is -3.47. The maximum Gasteiger partial charge on any atom is 0.335 e. The Morgan fingerprint density at radius 1 is 1.37 bits per heavy atom. The van der Waals surface area contributed by atoms with E-state index in [9.17, 15) is 13.2 Å². The standard InChI is InChI=1S/C13H18O5S/c1-3-18-7-4-8-19(16,17)12-9-11(13(14)15)6-5-10(12)2/h5-6,9H,3-4,7-8H2,1-2H3,(H,14,15). The number of carbonyl (C=O) groups is 1. The van der Waals surface area contributed by atoms with Crippen LogP contribution in [0.25, 0.3) is 0 Å². The number of hydrogen-bond acceptors (Lipinski definition) is 4. The first-order chi connectivity index (χ1) is 8.88. The van der Waals surface area contributed by atoms with Gasteiger partial charge in [-0.3, -0.25) is 0 Å². The lowest BCUT2D eigenvalue weighted by Gasteiger charge is -2.08. The van der Waals surface area contributed by atoms with E-state index in [1.807, 2.05) is 6.92 Å². The fraction of sp³-hybridized carbons (Fsp3) is 0.462. The zero-order valence-corrected chi connectivity index (χ0v) is 11.9. The van der Waals surface area contributed by atoms with Gasteiger partial charge in [0.25, 0.3) is 0 Å². The lowest BCUT2D eigenvalue weighted by molar-refractivity contribution is 0.0696. The van der Waals surface area contributed by atoms with E-state index in [1.54, 1.807) is 6.92 Å². The maximum absolute atomic E-state index is 12.1. The van der Waals surface area contributed by atoms with Gasteiger partial charge in [0.05, 0.1) is 16.2 Å². The third kappa shape index (κ3) is 4.33. The van der Waals surface area contributed by atoms with E-state index in [0.717, 1.165) is 0 Å². The van der Waals surface area contributed by atoms with Crippen LogP contribution in [0.4, 0.5) is 0 Å². The van der Waals surface area contributed by atoms with Crippen LogP contribution >= 0.6 is 0 Å². The highest BCUT2D eigenvalue weighted by Crippen LogP contribution is 2.19. The van der Waals surface area contributed by atoms with Gasteiger partial charge in [0.15, 0.2) is 9.84 Å². The number of carboxylic acid groups (broad SMARTS) is 1. The molecule has 0 amide bonds. The van der Waals surface area contributed by atoms with Crippen molar-refractivity contribution in [2.45, 2.75) is 25.2 Å². The molecule has 1 rings (SSSR count). The van der Waals surface area contributed by atoms with Crippen molar-refractivity contribution in [2.75, 3.05) is 19.0 Å². The molecule has 0 saturated heterocycles. The molecule has 1 aromatic rings. The van der Waals surface area contributed by atoms with Crippen molar-refractivity contribution < 1.29 is 23.1 Å². The molecule has 0 aliphatic rings. The van der Waals surface area contributed by atoms with E-state index in [1.165, 1.54) is 18.2 Å². The van der Waals surface area contributed by atoms with Crippen LogP contribution in [0.15, 0.2) is 23.1 Å². The fourth-order valence-electron chi connectivity index (χ4n) is 1.67. The van der Waals surface area contributed by atoms with Gasteiger partial charge in [0.1, 0.15) is 0 Å². The largest absolute Gasteiger partial charge is 0.478 e. The molecule has 0 aliphatic carbocycles. The Morgan fingerprint density at radius 2 is 2.05 bits per heavy atom. The Morgan fingerprint density at radius 3 is 2.63 bits per heavy atom. The van der Waals surface area contributed by atoms with Gasteiger partial charge in [-0.05, 0) is 38.0 Å². The molecule has 0 bridgehead atoms. The minimum absolute atomic E-state index is 0.0195. The van der Waals surface area contributed by atoms with Crippen molar-refractivity contribution >= 4 is 15.8 Å². The normalized spacial score (nSPS) is 11.5. The Bertz CT molecular complexity index is 548. The predicted octanol–water partition coefficient (Wildman–Crippen LogP) is 1.89. The molecule has 0 atom stereocenters.